The summed E-state index contributed by atoms with van der Waals surface area (Å²) in [6, 6.07) is 6.07. The maximum atomic E-state index is 11.8. The van der Waals surface area contributed by atoms with Crippen LogP contribution in [0, 0.1) is 0 Å². The van der Waals surface area contributed by atoms with Crippen LogP contribution in [0.3, 0.4) is 0 Å². The fourth-order valence-electron chi connectivity index (χ4n) is 3.82. The number of hydrogen-bond donors (Lipinski definition) is 0. The smallest absolute Gasteiger partial charge is 0.745 e. The molecule has 0 heterocycles. The molecule has 0 amide bonds. The van der Waals surface area contributed by atoms with Crippen molar-refractivity contribution < 1.29 is 47.3 Å². The first kappa shape index (κ1) is 31.9. The minimum atomic E-state index is -4.57. The molecule has 0 aliphatic heterocycles. The van der Waals surface area contributed by atoms with Crippen molar-refractivity contribution in [3.8, 4) is 5.75 Å². The Kier molecular flexibility index (Phi) is 17.3. The molecular formula is C26H45NaO4S. The van der Waals surface area contributed by atoms with Gasteiger partial charge >= 0.3 is 29.6 Å². The van der Waals surface area contributed by atoms with Crippen LogP contribution in [-0.2, 0) is 23.0 Å². The number of ether oxygens (including phenoxy) is 1. The van der Waals surface area contributed by atoms with Crippen molar-refractivity contribution in [2.24, 2.45) is 0 Å². The van der Waals surface area contributed by atoms with Crippen LogP contribution >= 0.6 is 0 Å². The number of unbranched alkanes of at least 4 members (excludes halogenated alkanes) is 10. The molecular weight excluding hydrogens is 431 g/mol. The molecule has 180 valence electrons. The predicted molar refractivity (Wildman–Crippen MR) is 130 cm³/mol. The van der Waals surface area contributed by atoms with Crippen LogP contribution in [0.25, 0.3) is 0 Å². The van der Waals surface area contributed by atoms with Crippen LogP contribution in [-0.4, -0.2) is 17.9 Å². The van der Waals surface area contributed by atoms with Crippen LogP contribution in [0.1, 0.15) is 122 Å². The first-order valence-electron chi connectivity index (χ1n) is 12.5. The first-order valence-corrected chi connectivity index (χ1v) is 13.9. The summed E-state index contributed by atoms with van der Waals surface area (Å²) < 4.78 is 41.3. The van der Waals surface area contributed by atoms with Crippen LogP contribution in [0.4, 0.5) is 0 Å². The predicted octanol–water partition coefficient (Wildman–Crippen LogP) is 4.55. The van der Waals surface area contributed by atoms with E-state index in [0.717, 1.165) is 31.2 Å². The molecule has 4 nitrogen and oxygen atoms in total. The molecule has 0 saturated heterocycles. The van der Waals surface area contributed by atoms with E-state index in [1.54, 1.807) is 6.92 Å². The molecule has 0 aliphatic rings. The molecule has 0 fully saturated rings. The van der Waals surface area contributed by atoms with E-state index in [9.17, 15) is 13.0 Å². The Morgan fingerprint density at radius 1 is 0.812 bits per heavy atom. The number of aryl methyl sites for hydroxylation is 2. The van der Waals surface area contributed by atoms with E-state index in [1.807, 2.05) is 12.1 Å². The molecule has 1 aromatic rings. The summed E-state index contributed by atoms with van der Waals surface area (Å²) in [5, 5.41) is 0. The second-order valence-corrected chi connectivity index (χ2v) is 10.8. The molecule has 0 aromatic heterocycles. The Morgan fingerprint density at radius 2 is 1.31 bits per heavy atom. The van der Waals surface area contributed by atoms with Crippen LogP contribution in [0.2, 0.25) is 0 Å². The van der Waals surface area contributed by atoms with Gasteiger partial charge in [0.05, 0.1) is 0 Å². The summed E-state index contributed by atoms with van der Waals surface area (Å²) in [5.74, 6) is 0.545. The van der Waals surface area contributed by atoms with Gasteiger partial charge in [-0.15, -0.1) is 0 Å². The van der Waals surface area contributed by atoms with Gasteiger partial charge < -0.3 is 9.29 Å². The van der Waals surface area contributed by atoms with Crippen molar-refractivity contribution in [1.82, 2.24) is 0 Å². The van der Waals surface area contributed by atoms with Crippen molar-refractivity contribution in [2.75, 3.05) is 0 Å². The average molecular weight is 477 g/mol. The van der Waals surface area contributed by atoms with E-state index in [-0.39, 0.29) is 36.0 Å². The van der Waals surface area contributed by atoms with E-state index in [4.69, 9.17) is 4.74 Å². The van der Waals surface area contributed by atoms with E-state index >= 15 is 0 Å². The van der Waals surface area contributed by atoms with E-state index in [1.165, 1.54) is 76.7 Å². The molecule has 1 unspecified atom stereocenters. The standard InChI is InChI=1S/C26H46O4S.Na/c1-5-8-10-12-14-16-18-23-20-21-25(30-26(4,7-3)31(27,28)29)24(22-23)19-17-15-13-11-9-6-2;/h20-22H,5-19H2,1-4H3,(H,27,28,29);/q;+1/p-1. The third kappa shape index (κ3) is 11.9. The molecule has 32 heavy (non-hydrogen) atoms. The van der Waals surface area contributed by atoms with Crippen molar-refractivity contribution in [1.29, 1.82) is 0 Å². The molecule has 0 bridgehead atoms. The number of benzene rings is 1. The summed E-state index contributed by atoms with van der Waals surface area (Å²) in [5.41, 5.74) is 2.30. The van der Waals surface area contributed by atoms with E-state index in [0.29, 0.717) is 5.75 Å². The summed E-state index contributed by atoms with van der Waals surface area (Å²) in [7, 11) is -4.57. The van der Waals surface area contributed by atoms with Gasteiger partial charge in [0.1, 0.15) is 15.9 Å². The van der Waals surface area contributed by atoms with Gasteiger partial charge in [-0.1, -0.05) is 97.1 Å². The fraction of sp³-hybridized carbons (Fsp3) is 0.769. The molecule has 6 heteroatoms. The van der Waals surface area contributed by atoms with Gasteiger partial charge in [0.25, 0.3) is 0 Å². The largest absolute Gasteiger partial charge is 1.00 e. The van der Waals surface area contributed by atoms with Crippen LogP contribution in [0.15, 0.2) is 18.2 Å². The normalized spacial score (nSPS) is 13.4. The van der Waals surface area contributed by atoms with Gasteiger partial charge in [-0.2, -0.15) is 0 Å². The Bertz CT molecular complexity index is 721. The molecule has 0 aliphatic carbocycles. The van der Waals surface area contributed by atoms with Crippen LogP contribution < -0.4 is 34.3 Å². The Morgan fingerprint density at radius 3 is 1.81 bits per heavy atom. The van der Waals surface area contributed by atoms with Gasteiger partial charge in [-0.25, -0.2) is 8.42 Å². The van der Waals surface area contributed by atoms with Gasteiger partial charge in [-0.05, 0) is 56.2 Å². The van der Waals surface area contributed by atoms with Gasteiger partial charge in [0, 0.05) is 0 Å². The number of hydrogen-bond acceptors (Lipinski definition) is 4. The van der Waals surface area contributed by atoms with Gasteiger partial charge in [-0.3, -0.25) is 0 Å². The van der Waals surface area contributed by atoms with Crippen molar-refractivity contribution in [3.05, 3.63) is 29.3 Å². The van der Waals surface area contributed by atoms with Gasteiger partial charge in [0.15, 0.2) is 4.93 Å². The quantitative estimate of drug-likeness (QED) is 0.177. The molecule has 0 radical (unpaired) electrons. The van der Waals surface area contributed by atoms with Crippen molar-refractivity contribution in [3.63, 3.8) is 0 Å². The Hall–Kier alpha value is -0.0700. The van der Waals surface area contributed by atoms with E-state index in [2.05, 4.69) is 19.9 Å². The summed E-state index contributed by atoms with van der Waals surface area (Å²) in [6.07, 6.45) is 16.8. The first-order chi connectivity index (χ1) is 14.8. The van der Waals surface area contributed by atoms with Crippen LogP contribution in [0.5, 0.6) is 5.75 Å². The number of rotatable bonds is 18. The van der Waals surface area contributed by atoms with Crippen molar-refractivity contribution >= 4 is 10.1 Å². The molecule has 0 N–H and O–H groups in total. The zero-order chi connectivity index (χ0) is 23.2. The van der Waals surface area contributed by atoms with Gasteiger partial charge in [0.2, 0.25) is 0 Å². The minimum absolute atomic E-state index is 0. The van der Waals surface area contributed by atoms with E-state index < -0.39 is 15.1 Å². The topological polar surface area (TPSA) is 66.4 Å². The Balaban J connectivity index is 0.00000961. The average Bonchev–Trinajstić information content (AvgIpc) is 2.73. The summed E-state index contributed by atoms with van der Waals surface area (Å²) in [6.45, 7) is 7.51. The fourth-order valence-corrected chi connectivity index (χ4v) is 4.37. The summed E-state index contributed by atoms with van der Waals surface area (Å²) >= 11 is 0. The zero-order valence-electron chi connectivity index (χ0n) is 21.4. The molecule has 0 saturated carbocycles. The Labute approximate surface area is 220 Å². The molecule has 0 spiro atoms. The summed E-state index contributed by atoms with van der Waals surface area (Å²) in [4.78, 5) is -1.73. The third-order valence-electron chi connectivity index (χ3n) is 6.24. The monoisotopic (exact) mass is 476 g/mol. The SMILES string of the molecule is CCCCCCCCc1ccc(OC(C)(CC)S(=O)(=O)[O-])c(CCCCCCCC)c1.[Na+]. The third-order valence-corrected chi connectivity index (χ3v) is 7.67. The second-order valence-electron chi connectivity index (χ2n) is 9.02. The zero-order valence-corrected chi connectivity index (χ0v) is 24.2. The molecule has 1 aromatic carbocycles. The molecule has 1 rings (SSSR count). The second kappa shape index (κ2) is 17.4. The maximum absolute atomic E-state index is 11.8. The van der Waals surface area contributed by atoms with Crippen molar-refractivity contribution in [2.45, 2.75) is 129 Å². The maximum Gasteiger partial charge on any atom is 1.00 e. The molecule has 1 atom stereocenters. The minimum Gasteiger partial charge on any atom is -0.745 e.